The first-order chi connectivity index (χ1) is 11.2. The fourth-order valence-electron chi connectivity index (χ4n) is 3.11. The molecule has 0 saturated heterocycles. The number of hydrogen-bond acceptors (Lipinski definition) is 2. The minimum absolute atomic E-state index is 0.995. The zero-order valence-electron chi connectivity index (χ0n) is 14.2. The molecule has 0 amide bonds. The molecule has 118 valence electrons. The van der Waals surface area contributed by atoms with Gasteiger partial charge in [-0.3, -0.25) is 0 Å². The lowest BCUT2D eigenvalue weighted by molar-refractivity contribution is 0.865. The Hall–Kier alpha value is -2.35. The first-order valence-corrected chi connectivity index (χ1v) is 8.42. The molecule has 1 aliphatic carbocycles. The number of allylic oxidation sites excluding steroid dienone is 2. The summed E-state index contributed by atoms with van der Waals surface area (Å²) >= 11 is 0. The van der Waals surface area contributed by atoms with Crippen molar-refractivity contribution in [3.8, 4) is 0 Å². The summed E-state index contributed by atoms with van der Waals surface area (Å²) < 4.78 is 0. The molecule has 23 heavy (non-hydrogen) atoms. The van der Waals surface area contributed by atoms with Gasteiger partial charge in [0.15, 0.2) is 0 Å². The van der Waals surface area contributed by atoms with E-state index in [2.05, 4.69) is 80.3 Å². The van der Waals surface area contributed by atoms with Gasteiger partial charge in [-0.05, 0) is 62.6 Å². The van der Waals surface area contributed by atoms with Gasteiger partial charge >= 0.3 is 0 Å². The summed E-state index contributed by atoms with van der Waals surface area (Å²) in [6.07, 6.45) is 5.33. The lowest BCUT2D eigenvalue weighted by Crippen LogP contribution is -2.21. The van der Waals surface area contributed by atoms with E-state index in [9.17, 15) is 0 Å². The molecular formula is C21H24N2. The monoisotopic (exact) mass is 304 g/mol. The minimum atomic E-state index is 0.995. The van der Waals surface area contributed by atoms with E-state index in [-0.39, 0.29) is 0 Å². The third-order valence-corrected chi connectivity index (χ3v) is 4.46. The van der Waals surface area contributed by atoms with E-state index in [1.165, 1.54) is 22.4 Å². The number of aliphatic imine (C=N–C) groups is 1. The highest BCUT2D eigenvalue weighted by Gasteiger charge is 2.11. The third-order valence-electron chi connectivity index (χ3n) is 4.46. The second-order valence-electron chi connectivity index (χ2n) is 5.90. The Labute approximate surface area is 139 Å². The largest absolute Gasteiger partial charge is 0.372 e. The van der Waals surface area contributed by atoms with E-state index in [0.717, 1.165) is 30.9 Å². The molecule has 0 N–H and O–H groups in total. The van der Waals surface area contributed by atoms with Crippen LogP contribution >= 0.6 is 0 Å². The molecule has 0 aliphatic heterocycles. The molecular weight excluding hydrogens is 280 g/mol. The van der Waals surface area contributed by atoms with Gasteiger partial charge in [0, 0.05) is 24.3 Å². The van der Waals surface area contributed by atoms with Crippen LogP contribution < -0.4 is 4.90 Å². The number of aryl methyl sites for hydroxylation is 1. The molecule has 2 aromatic rings. The SMILES string of the molecule is CCN(CC)c1ccc(N=C2C=CCc3ccccc32)c(C)c1. The van der Waals surface area contributed by atoms with Crippen molar-refractivity contribution < 1.29 is 0 Å². The maximum absolute atomic E-state index is 4.92. The van der Waals surface area contributed by atoms with Crippen molar-refractivity contribution >= 4 is 17.1 Å². The molecule has 0 spiro atoms. The molecule has 0 atom stereocenters. The van der Waals surface area contributed by atoms with Crippen molar-refractivity contribution in [2.75, 3.05) is 18.0 Å². The molecule has 1 aliphatic rings. The van der Waals surface area contributed by atoms with Crippen LogP contribution in [0.4, 0.5) is 11.4 Å². The van der Waals surface area contributed by atoms with Crippen LogP contribution in [0.1, 0.15) is 30.5 Å². The summed E-state index contributed by atoms with van der Waals surface area (Å²) in [7, 11) is 0. The molecule has 2 nitrogen and oxygen atoms in total. The predicted molar refractivity (Wildman–Crippen MR) is 100 cm³/mol. The zero-order chi connectivity index (χ0) is 16.2. The Balaban J connectivity index is 1.97. The van der Waals surface area contributed by atoms with Crippen molar-refractivity contribution in [3.05, 3.63) is 71.3 Å². The Kier molecular flexibility index (Phi) is 4.61. The van der Waals surface area contributed by atoms with Crippen LogP contribution in [0.15, 0.2) is 59.6 Å². The van der Waals surface area contributed by atoms with Gasteiger partial charge in [0.05, 0.1) is 11.4 Å². The first kappa shape index (κ1) is 15.5. The molecule has 3 rings (SSSR count). The summed E-state index contributed by atoms with van der Waals surface area (Å²) in [5, 5.41) is 0. The molecule has 0 saturated carbocycles. The van der Waals surface area contributed by atoms with Crippen LogP contribution in [0.5, 0.6) is 0 Å². The average molecular weight is 304 g/mol. The van der Waals surface area contributed by atoms with Gasteiger partial charge in [0.25, 0.3) is 0 Å². The Morgan fingerprint density at radius 1 is 1.04 bits per heavy atom. The van der Waals surface area contributed by atoms with Gasteiger partial charge < -0.3 is 4.90 Å². The van der Waals surface area contributed by atoms with Crippen LogP contribution in [0.25, 0.3) is 0 Å². The molecule has 0 fully saturated rings. The quantitative estimate of drug-likeness (QED) is 0.769. The fraction of sp³-hybridized carbons (Fsp3) is 0.286. The van der Waals surface area contributed by atoms with Gasteiger partial charge in [-0.1, -0.05) is 30.3 Å². The van der Waals surface area contributed by atoms with Crippen LogP contribution in [-0.2, 0) is 6.42 Å². The lowest BCUT2D eigenvalue weighted by atomic mass is 9.95. The summed E-state index contributed by atoms with van der Waals surface area (Å²) in [5.74, 6) is 0. The lowest BCUT2D eigenvalue weighted by Gasteiger charge is -2.22. The van der Waals surface area contributed by atoms with Crippen molar-refractivity contribution in [3.63, 3.8) is 0 Å². The van der Waals surface area contributed by atoms with E-state index in [1.54, 1.807) is 0 Å². The van der Waals surface area contributed by atoms with E-state index < -0.39 is 0 Å². The summed E-state index contributed by atoms with van der Waals surface area (Å²) in [6, 6.07) is 15.1. The Morgan fingerprint density at radius 2 is 1.83 bits per heavy atom. The topological polar surface area (TPSA) is 15.6 Å². The number of anilines is 1. The van der Waals surface area contributed by atoms with E-state index >= 15 is 0 Å². The van der Waals surface area contributed by atoms with Gasteiger partial charge in [-0.15, -0.1) is 0 Å². The van der Waals surface area contributed by atoms with Crippen molar-refractivity contribution in [1.82, 2.24) is 0 Å². The van der Waals surface area contributed by atoms with E-state index in [0.29, 0.717) is 0 Å². The number of nitrogens with zero attached hydrogens (tertiary/aromatic N) is 2. The van der Waals surface area contributed by atoms with Crippen molar-refractivity contribution in [2.45, 2.75) is 27.2 Å². The van der Waals surface area contributed by atoms with Gasteiger partial charge in [0.2, 0.25) is 0 Å². The first-order valence-electron chi connectivity index (χ1n) is 8.42. The summed E-state index contributed by atoms with van der Waals surface area (Å²) in [6.45, 7) is 8.58. The summed E-state index contributed by atoms with van der Waals surface area (Å²) in [4.78, 5) is 7.28. The highest BCUT2D eigenvalue weighted by Crippen LogP contribution is 2.27. The van der Waals surface area contributed by atoms with E-state index in [1.807, 2.05) is 0 Å². The van der Waals surface area contributed by atoms with Crippen LogP contribution in [-0.4, -0.2) is 18.8 Å². The standard InChI is InChI=1S/C21H24N2/c1-4-23(5-2)18-13-14-20(16(3)15-18)22-21-12-8-10-17-9-6-7-11-19(17)21/h6-9,11-15H,4-5,10H2,1-3H3. The smallest absolute Gasteiger partial charge is 0.0709 e. The second-order valence-corrected chi connectivity index (χ2v) is 5.90. The maximum Gasteiger partial charge on any atom is 0.0709 e. The normalized spacial score (nSPS) is 14.8. The highest BCUT2D eigenvalue weighted by molar-refractivity contribution is 6.11. The number of hydrogen-bond donors (Lipinski definition) is 0. The molecule has 0 aromatic heterocycles. The predicted octanol–water partition coefficient (Wildman–Crippen LogP) is 5.07. The van der Waals surface area contributed by atoms with Crippen LogP contribution in [0, 0.1) is 6.92 Å². The average Bonchev–Trinajstić information content (AvgIpc) is 2.58. The van der Waals surface area contributed by atoms with Gasteiger partial charge in [0.1, 0.15) is 0 Å². The second kappa shape index (κ2) is 6.82. The number of benzene rings is 2. The summed E-state index contributed by atoms with van der Waals surface area (Å²) in [5.41, 5.74) is 7.21. The molecule has 0 radical (unpaired) electrons. The number of rotatable bonds is 4. The number of fused-ring (bicyclic) bond motifs is 1. The highest BCUT2D eigenvalue weighted by atomic mass is 15.1. The van der Waals surface area contributed by atoms with Crippen molar-refractivity contribution in [1.29, 1.82) is 0 Å². The Bertz CT molecular complexity index is 752. The van der Waals surface area contributed by atoms with Crippen LogP contribution in [0.3, 0.4) is 0 Å². The van der Waals surface area contributed by atoms with Crippen molar-refractivity contribution in [2.24, 2.45) is 4.99 Å². The zero-order valence-corrected chi connectivity index (χ0v) is 14.2. The minimum Gasteiger partial charge on any atom is -0.372 e. The molecule has 0 unspecified atom stereocenters. The van der Waals surface area contributed by atoms with E-state index in [4.69, 9.17) is 4.99 Å². The molecule has 0 heterocycles. The van der Waals surface area contributed by atoms with Crippen LogP contribution in [0.2, 0.25) is 0 Å². The molecule has 2 heteroatoms. The molecule has 2 aromatic carbocycles. The van der Waals surface area contributed by atoms with Gasteiger partial charge in [-0.2, -0.15) is 0 Å². The Morgan fingerprint density at radius 3 is 2.57 bits per heavy atom. The molecule has 0 bridgehead atoms. The van der Waals surface area contributed by atoms with Gasteiger partial charge in [-0.25, -0.2) is 4.99 Å². The maximum atomic E-state index is 4.92. The third kappa shape index (κ3) is 3.21. The fourth-order valence-corrected chi connectivity index (χ4v) is 3.11.